The summed E-state index contributed by atoms with van der Waals surface area (Å²) < 4.78 is 10.8. The summed E-state index contributed by atoms with van der Waals surface area (Å²) in [5, 5.41) is 0. The maximum absolute atomic E-state index is 13.1. The van der Waals surface area contributed by atoms with E-state index in [0.717, 1.165) is 53.1 Å². The fraction of sp³-hybridized carbons (Fsp3) is 0.381. The molecular weight excluding hydrogens is 314 g/mol. The van der Waals surface area contributed by atoms with Crippen molar-refractivity contribution in [3.8, 4) is 11.5 Å². The van der Waals surface area contributed by atoms with E-state index in [1.165, 1.54) is 0 Å². The Balaban J connectivity index is 1.94. The van der Waals surface area contributed by atoms with Crippen LogP contribution in [0.4, 0.5) is 0 Å². The highest BCUT2D eigenvalue weighted by molar-refractivity contribution is 5.95. The molecule has 0 N–H and O–H groups in total. The summed E-state index contributed by atoms with van der Waals surface area (Å²) in [7, 11) is 3.29. The van der Waals surface area contributed by atoms with Crippen molar-refractivity contribution in [2.45, 2.75) is 32.7 Å². The number of nitrogens with zero attached hydrogens (tertiary/aromatic N) is 1. The van der Waals surface area contributed by atoms with E-state index in [1.807, 2.05) is 49.1 Å². The first-order valence-electron chi connectivity index (χ1n) is 8.64. The maximum Gasteiger partial charge on any atom is 0.254 e. The van der Waals surface area contributed by atoms with Crippen LogP contribution in [0.2, 0.25) is 0 Å². The molecule has 1 aliphatic heterocycles. The van der Waals surface area contributed by atoms with Crippen LogP contribution >= 0.6 is 0 Å². The lowest BCUT2D eigenvalue weighted by Crippen LogP contribution is -2.30. The molecule has 4 heteroatoms. The summed E-state index contributed by atoms with van der Waals surface area (Å²) in [5.74, 6) is 1.61. The fourth-order valence-electron chi connectivity index (χ4n) is 3.69. The van der Waals surface area contributed by atoms with E-state index in [0.29, 0.717) is 0 Å². The maximum atomic E-state index is 13.1. The number of rotatable bonds is 4. The van der Waals surface area contributed by atoms with E-state index in [4.69, 9.17) is 9.47 Å². The lowest BCUT2D eigenvalue weighted by atomic mass is 10.0. The molecule has 0 bridgehead atoms. The van der Waals surface area contributed by atoms with Crippen LogP contribution in [-0.4, -0.2) is 31.6 Å². The number of hydrogen-bond acceptors (Lipinski definition) is 3. The zero-order valence-corrected chi connectivity index (χ0v) is 15.3. The zero-order valence-electron chi connectivity index (χ0n) is 15.3. The molecule has 1 heterocycles. The first-order valence-corrected chi connectivity index (χ1v) is 8.64. The zero-order chi connectivity index (χ0) is 18.0. The van der Waals surface area contributed by atoms with Crippen LogP contribution in [0.1, 0.15) is 45.9 Å². The third-order valence-corrected chi connectivity index (χ3v) is 4.78. The average Bonchev–Trinajstić information content (AvgIpc) is 3.09. The highest BCUT2D eigenvalue weighted by Gasteiger charge is 2.32. The minimum atomic E-state index is 0.0363. The number of aryl methyl sites for hydroxylation is 2. The number of benzene rings is 2. The van der Waals surface area contributed by atoms with Crippen molar-refractivity contribution in [3.63, 3.8) is 0 Å². The molecule has 25 heavy (non-hydrogen) atoms. The Bertz CT molecular complexity index is 764. The molecule has 1 aliphatic rings. The second kappa shape index (κ2) is 7.18. The first-order chi connectivity index (χ1) is 12.0. The predicted octanol–water partition coefficient (Wildman–Crippen LogP) is 4.30. The van der Waals surface area contributed by atoms with Gasteiger partial charge in [-0.05, 0) is 51.0 Å². The van der Waals surface area contributed by atoms with Crippen molar-refractivity contribution in [2.75, 3.05) is 20.8 Å². The van der Waals surface area contributed by atoms with Gasteiger partial charge in [0, 0.05) is 23.7 Å². The molecule has 3 rings (SSSR count). The van der Waals surface area contributed by atoms with Gasteiger partial charge in [-0.25, -0.2) is 0 Å². The molecule has 0 saturated carbocycles. The van der Waals surface area contributed by atoms with E-state index in [-0.39, 0.29) is 11.9 Å². The molecule has 2 aromatic rings. The van der Waals surface area contributed by atoms with Crippen molar-refractivity contribution in [2.24, 2.45) is 0 Å². The topological polar surface area (TPSA) is 38.8 Å². The molecular formula is C21H25NO3. The molecule has 0 spiro atoms. The predicted molar refractivity (Wildman–Crippen MR) is 98.5 cm³/mol. The Morgan fingerprint density at radius 3 is 2.40 bits per heavy atom. The van der Waals surface area contributed by atoms with Gasteiger partial charge in [-0.2, -0.15) is 0 Å². The van der Waals surface area contributed by atoms with Crippen LogP contribution in [0, 0.1) is 13.8 Å². The van der Waals surface area contributed by atoms with Gasteiger partial charge in [0.05, 0.1) is 20.3 Å². The van der Waals surface area contributed by atoms with Gasteiger partial charge < -0.3 is 14.4 Å². The van der Waals surface area contributed by atoms with Gasteiger partial charge in [-0.1, -0.05) is 17.2 Å². The van der Waals surface area contributed by atoms with Gasteiger partial charge in [-0.3, -0.25) is 4.79 Å². The van der Waals surface area contributed by atoms with Crippen molar-refractivity contribution in [1.82, 2.24) is 4.90 Å². The molecule has 0 aliphatic carbocycles. The number of hydrogen-bond donors (Lipinski definition) is 0. The van der Waals surface area contributed by atoms with Crippen LogP contribution < -0.4 is 9.47 Å². The van der Waals surface area contributed by atoms with Gasteiger partial charge >= 0.3 is 0 Å². The standard InChI is InChI=1S/C21H25NO3/c1-14-10-15(2)12-16(11-14)21(23)22-9-5-6-19(22)18-8-7-17(24-3)13-20(18)25-4/h7-8,10-13,19H,5-6,9H2,1-4H3/t19-/m0/s1. The molecule has 1 amide bonds. The van der Waals surface area contributed by atoms with Gasteiger partial charge in [0.25, 0.3) is 5.91 Å². The number of ether oxygens (including phenoxy) is 2. The summed E-state index contributed by atoms with van der Waals surface area (Å²) >= 11 is 0. The summed E-state index contributed by atoms with van der Waals surface area (Å²) in [6.07, 6.45) is 1.94. The Hall–Kier alpha value is -2.49. The quantitative estimate of drug-likeness (QED) is 0.834. The minimum Gasteiger partial charge on any atom is -0.497 e. The number of likely N-dealkylation sites (tertiary alicyclic amines) is 1. The van der Waals surface area contributed by atoms with E-state index in [2.05, 4.69) is 6.07 Å². The summed E-state index contributed by atoms with van der Waals surface area (Å²) in [6, 6.07) is 11.9. The molecule has 4 nitrogen and oxygen atoms in total. The molecule has 0 unspecified atom stereocenters. The Kier molecular flexibility index (Phi) is 4.98. The third-order valence-electron chi connectivity index (χ3n) is 4.78. The van der Waals surface area contributed by atoms with E-state index in [1.54, 1.807) is 14.2 Å². The second-order valence-electron chi connectivity index (χ2n) is 6.64. The SMILES string of the molecule is COc1ccc([C@@H]2CCCN2C(=O)c2cc(C)cc(C)c2)c(OC)c1. The van der Waals surface area contributed by atoms with Gasteiger partial charge in [0.2, 0.25) is 0 Å². The van der Waals surface area contributed by atoms with E-state index in [9.17, 15) is 4.79 Å². The first kappa shape index (κ1) is 17.3. The lowest BCUT2D eigenvalue weighted by molar-refractivity contribution is 0.0734. The number of amides is 1. The average molecular weight is 339 g/mol. The molecule has 1 saturated heterocycles. The van der Waals surface area contributed by atoms with Gasteiger partial charge in [-0.15, -0.1) is 0 Å². The second-order valence-corrected chi connectivity index (χ2v) is 6.64. The van der Waals surface area contributed by atoms with Crippen molar-refractivity contribution >= 4 is 5.91 Å². The molecule has 132 valence electrons. The lowest BCUT2D eigenvalue weighted by Gasteiger charge is -2.27. The summed E-state index contributed by atoms with van der Waals surface area (Å²) in [5.41, 5.74) is 4.03. The molecule has 0 radical (unpaired) electrons. The van der Waals surface area contributed by atoms with Crippen LogP contribution in [0.25, 0.3) is 0 Å². The number of carbonyl (C=O) groups is 1. The smallest absolute Gasteiger partial charge is 0.254 e. The summed E-state index contributed by atoms with van der Waals surface area (Å²) in [4.78, 5) is 15.1. The molecule has 0 aromatic heterocycles. The van der Waals surface area contributed by atoms with Gasteiger partial charge in [0.15, 0.2) is 0 Å². The monoisotopic (exact) mass is 339 g/mol. The fourth-order valence-corrected chi connectivity index (χ4v) is 3.69. The number of methoxy groups -OCH3 is 2. The van der Waals surface area contributed by atoms with E-state index < -0.39 is 0 Å². The van der Waals surface area contributed by atoms with E-state index >= 15 is 0 Å². The highest BCUT2D eigenvalue weighted by Crippen LogP contribution is 2.39. The van der Waals surface area contributed by atoms with Crippen LogP contribution in [0.3, 0.4) is 0 Å². The van der Waals surface area contributed by atoms with Crippen molar-refractivity contribution < 1.29 is 14.3 Å². The Labute approximate surface area is 149 Å². The minimum absolute atomic E-state index is 0.0363. The normalized spacial score (nSPS) is 16.8. The van der Waals surface area contributed by atoms with Crippen molar-refractivity contribution in [1.29, 1.82) is 0 Å². The number of carbonyl (C=O) groups excluding carboxylic acids is 1. The van der Waals surface area contributed by atoms with Crippen LogP contribution in [0.15, 0.2) is 36.4 Å². The van der Waals surface area contributed by atoms with Crippen molar-refractivity contribution in [3.05, 3.63) is 58.7 Å². The summed E-state index contributed by atoms with van der Waals surface area (Å²) in [6.45, 7) is 4.82. The third kappa shape index (κ3) is 3.48. The largest absolute Gasteiger partial charge is 0.497 e. The Morgan fingerprint density at radius 2 is 1.76 bits per heavy atom. The molecule has 1 atom stereocenters. The van der Waals surface area contributed by atoms with Crippen LogP contribution in [-0.2, 0) is 0 Å². The van der Waals surface area contributed by atoms with Crippen LogP contribution in [0.5, 0.6) is 11.5 Å². The van der Waals surface area contributed by atoms with Gasteiger partial charge in [0.1, 0.15) is 11.5 Å². The molecule has 1 fully saturated rings. The molecule has 2 aromatic carbocycles. The Morgan fingerprint density at radius 1 is 1.04 bits per heavy atom. The highest BCUT2D eigenvalue weighted by atomic mass is 16.5.